The molecule has 1 saturated heterocycles. The maximum Gasteiger partial charge on any atom is 0.263 e. The monoisotopic (exact) mass is 498 g/mol. The van der Waals surface area contributed by atoms with Gasteiger partial charge in [0.2, 0.25) is 5.91 Å². The highest BCUT2D eigenvalue weighted by molar-refractivity contribution is 7.17. The van der Waals surface area contributed by atoms with Crippen molar-refractivity contribution in [1.29, 1.82) is 0 Å². The summed E-state index contributed by atoms with van der Waals surface area (Å²) in [6.45, 7) is 5.21. The molecular weight excluding hydrogens is 467 g/mol. The molecule has 4 rings (SSSR count). The van der Waals surface area contributed by atoms with Crippen molar-refractivity contribution in [2.24, 2.45) is 5.92 Å². The summed E-state index contributed by atoms with van der Waals surface area (Å²) in [7, 11) is 0. The number of benzene rings is 1. The van der Waals surface area contributed by atoms with E-state index in [1.54, 1.807) is 24.7 Å². The molecule has 1 atom stereocenters. The Morgan fingerprint density at radius 2 is 2.00 bits per heavy atom. The minimum atomic E-state index is -0.391. The van der Waals surface area contributed by atoms with Crippen LogP contribution in [0.15, 0.2) is 49.2 Å². The van der Waals surface area contributed by atoms with Crippen LogP contribution in [0, 0.1) is 11.7 Å². The van der Waals surface area contributed by atoms with Gasteiger partial charge in [0.05, 0.1) is 18.6 Å². The molecule has 8 nitrogen and oxygen atoms in total. The van der Waals surface area contributed by atoms with Gasteiger partial charge in [-0.05, 0) is 62.4 Å². The van der Waals surface area contributed by atoms with Crippen molar-refractivity contribution in [3.8, 4) is 0 Å². The minimum Gasteiger partial charge on any atom is -0.351 e. The summed E-state index contributed by atoms with van der Waals surface area (Å²) in [6.07, 6.45) is 10.2. The summed E-state index contributed by atoms with van der Waals surface area (Å²) in [5.74, 6) is -0.0235. The number of thiazole rings is 1. The molecule has 1 fully saturated rings. The van der Waals surface area contributed by atoms with E-state index in [0.717, 1.165) is 55.8 Å². The molecule has 186 valence electrons. The maximum absolute atomic E-state index is 13.4. The smallest absolute Gasteiger partial charge is 0.263 e. The quantitative estimate of drug-likeness (QED) is 0.417. The van der Waals surface area contributed by atoms with Crippen LogP contribution in [-0.2, 0) is 17.8 Å². The Morgan fingerprint density at radius 3 is 2.71 bits per heavy atom. The number of carbonyl (C=O) groups excluding carboxylic acids is 2. The fraction of sp³-hybridized carbons (Fsp3) is 0.440. The summed E-state index contributed by atoms with van der Waals surface area (Å²) in [4.78, 5) is 36.7. The average molecular weight is 499 g/mol. The highest BCUT2D eigenvalue weighted by Crippen LogP contribution is 2.23. The zero-order valence-corrected chi connectivity index (χ0v) is 20.6. The highest BCUT2D eigenvalue weighted by atomic mass is 32.1. The SMILES string of the molecule is CC1CCN(C(Cc2ccc(F)cc2)C(=O)Nc2ncc(C(=O)NCCCn3ccnc3)s2)CC1. The van der Waals surface area contributed by atoms with E-state index in [1.165, 1.54) is 18.3 Å². The molecule has 3 aromatic rings. The molecule has 2 aromatic heterocycles. The topological polar surface area (TPSA) is 92.1 Å². The molecule has 1 unspecified atom stereocenters. The molecule has 3 heterocycles. The zero-order chi connectivity index (χ0) is 24.6. The molecule has 2 amide bonds. The van der Waals surface area contributed by atoms with Crippen LogP contribution in [0.3, 0.4) is 0 Å². The van der Waals surface area contributed by atoms with E-state index in [0.29, 0.717) is 28.9 Å². The first-order chi connectivity index (χ1) is 17.0. The fourth-order valence-electron chi connectivity index (χ4n) is 4.17. The van der Waals surface area contributed by atoms with Crippen LogP contribution >= 0.6 is 11.3 Å². The van der Waals surface area contributed by atoms with Crippen LogP contribution in [0.4, 0.5) is 9.52 Å². The van der Waals surface area contributed by atoms with Gasteiger partial charge >= 0.3 is 0 Å². The normalized spacial score (nSPS) is 15.6. The van der Waals surface area contributed by atoms with E-state index in [-0.39, 0.29) is 17.6 Å². The second kappa shape index (κ2) is 12.0. The lowest BCUT2D eigenvalue weighted by Gasteiger charge is -2.35. The van der Waals surface area contributed by atoms with Crippen molar-refractivity contribution >= 4 is 28.3 Å². The van der Waals surface area contributed by atoms with Crippen molar-refractivity contribution in [1.82, 2.24) is 24.8 Å². The third kappa shape index (κ3) is 7.19. The van der Waals surface area contributed by atoms with Gasteiger partial charge in [-0.1, -0.05) is 30.4 Å². The molecular formula is C25H31FN6O2S. The molecule has 0 saturated carbocycles. The molecule has 0 bridgehead atoms. The molecule has 1 aromatic carbocycles. The Labute approximate surface area is 208 Å². The first kappa shape index (κ1) is 25.0. The number of hydrogen-bond donors (Lipinski definition) is 2. The van der Waals surface area contributed by atoms with Gasteiger partial charge in [-0.3, -0.25) is 14.5 Å². The molecule has 1 aliphatic heterocycles. The number of piperidine rings is 1. The van der Waals surface area contributed by atoms with Gasteiger partial charge in [-0.2, -0.15) is 0 Å². The number of nitrogens with one attached hydrogen (secondary N) is 2. The van der Waals surface area contributed by atoms with Crippen LogP contribution < -0.4 is 10.6 Å². The van der Waals surface area contributed by atoms with Gasteiger partial charge in [0.15, 0.2) is 5.13 Å². The standard InChI is InChI=1S/C25H31FN6O2S/c1-18-7-12-32(13-8-18)21(15-19-3-5-20(26)6-4-19)23(33)30-25-29-16-22(35-25)24(34)28-9-2-11-31-14-10-27-17-31/h3-6,10,14,16-18,21H,2,7-9,11-13,15H2,1H3,(H,28,34)(H,29,30,33). The molecule has 35 heavy (non-hydrogen) atoms. The highest BCUT2D eigenvalue weighted by Gasteiger charge is 2.29. The van der Waals surface area contributed by atoms with Crippen LogP contribution in [-0.4, -0.2) is 56.9 Å². The zero-order valence-electron chi connectivity index (χ0n) is 19.8. The predicted molar refractivity (Wildman–Crippen MR) is 134 cm³/mol. The Bertz CT molecular complexity index is 1090. The lowest BCUT2D eigenvalue weighted by atomic mass is 9.95. The molecule has 0 aliphatic carbocycles. The van der Waals surface area contributed by atoms with Gasteiger partial charge in [-0.25, -0.2) is 14.4 Å². The second-order valence-corrected chi connectivity index (χ2v) is 10.0. The van der Waals surface area contributed by atoms with E-state index in [9.17, 15) is 14.0 Å². The van der Waals surface area contributed by atoms with E-state index in [2.05, 4.69) is 32.4 Å². The average Bonchev–Trinajstić information content (AvgIpc) is 3.54. The van der Waals surface area contributed by atoms with E-state index in [1.807, 2.05) is 10.8 Å². The number of amides is 2. The lowest BCUT2D eigenvalue weighted by Crippen LogP contribution is -2.48. The lowest BCUT2D eigenvalue weighted by molar-refractivity contribution is -0.121. The third-order valence-electron chi connectivity index (χ3n) is 6.30. The van der Waals surface area contributed by atoms with Gasteiger partial charge < -0.3 is 15.2 Å². The van der Waals surface area contributed by atoms with E-state index < -0.39 is 6.04 Å². The van der Waals surface area contributed by atoms with E-state index in [4.69, 9.17) is 0 Å². The number of hydrogen-bond acceptors (Lipinski definition) is 6. The Hall–Kier alpha value is -3.11. The number of aryl methyl sites for hydroxylation is 1. The summed E-state index contributed by atoms with van der Waals surface area (Å²) in [5.41, 5.74) is 0.903. The number of halogens is 1. The molecule has 1 aliphatic rings. The molecule has 0 spiro atoms. The Balaban J connectivity index is 1.34. The summed E-state index contributed by atoms with van der Waals surface area (Å²) >= 11 is 1.16. The van der Waals surface area contributed by atoms with Crippen LogP contribution in [0.2, 0.25) is 0 Å². The Morgan fingerprint density at radius 1 is 1.23 bits per heavy atom. The fourth-order valence-corrected chi connectivity index (χ4v) is 4.90. The third-order valence-corrected chi connectivity index (χ3v) is 7.21. The van der Waals surface area contributed by atoms with Gasteiger partial charge in [0, 0.05) is 25.5 Å². The van der Waals surface area contributed by atoms with Crippen molar-refractivity contribution in [3.05, 3.63) is 65.4 Å². The molecule has 2 N–H and O–H groups in total. The van der Waals surface area contributed by atoms with Crippen LogP contribution in [0.1, 0.15) is 41.4 Å². The van der Waals surface area contributed by atoms with Crippen LogP contribution in [0.5, 0.6) is 0 Å². The Kier molecular flexibility index (Phi) is 8.59. The number of anilines is 1. The minimum absolute atomic E-state index is 0.162. The van der Waals surface area contributed by atoms with Crippen molar-refractivity contribution in [2.45, 2.75) is 45.2 Å². The number of aromatic nitrogens is 3. The first-order valence-corrected chi connectivity index (χ1v) is 12.8. The maximum atomic E-state index is 13.4. The number of imidazole rings is 1. The number of likely N-dealkylation sites (tertiary alicyclic amines) is 1. The van der Waals surface area contributed by atoms with E-state index >= 15 is 0 Å². The van der Waals surface area contributed by atoms with Gasteiger partial charge in [-0.15, -0.1) is 0 Å². The number of rotatable bonds is 10. The summed E-state index contributed by atoms with van der Waals surface area (Å²) < 4.78 is 15.3. The molecule has 0 radical (unpaired) electrons. The number of nitrogens with zero attached hydrogens (tertiary/aromatic N) is 4. The first-order valence-electron chi connectivity index (χ1n) is 12.0. The predicted octanol–water partition coefficient (Wildman–Crippen LogP) is 3.58. The second-order valence-electron chi connectivity index (χ2n) is 8.99. The summed E-state index contributed by atoms with van der Waals surface area (Å²) in [5, 5.41) is 6.19. The van der Waals surface area contributed by atoms with Gasteiger partial charge in [0.1, 0.15) is 10.7 Å². The summed E-state index contributed by atoms with van der Waals surface area (Å²) in [6, 6.07) is 5.90. The number of carbonyl (C=O) groups is 2. The van der Waals surface area contributed by atoms with Crippen molar-refractivity contribution in [2.75, 3.05) is 25.0 Å². The largest absolute Gasteiger partial charge is 0.351 e. The van der Waals surface area contributed by atoms with Crippen molar-refractivity contribution < 1.29 is 14.0 Å². The van der Waals surface area contributed by atoms with Gasteiger partial charge in [0.25, 0.3) is 5.91 Å². The molecule has 10 heteroatoms. The van der Waals surface area contributed by atoms with Crippen LogP contribution in [0.25, 0.3) is 0 Å². The van der Waals surface area contributed by atoms with Crippen molar-refractivity contribution in [3.63, 3.8) is 0 Å².